The van der Waals surface area contributed by atoms with Crippen molar-refractivity contribution in [3.63, 3.8) is 0 Å². The molecule has 0 fully saturated rings. The summed E-state index contributed by atoms with van der Waals surface area (Å²) in [5.41, 5.74) is 5.43. The van der Waals surface area contributed by atoms with Gasteiger partial charge in [-0.3, -0.25) is 14.9 Å². The molecule has 0 amide bonds. The number of fused-ring (bicyclic) bond motifs is 1. The van der Waals surface area contributed by atoms with Gasteiger partial charge in [0.15, 0.2) is 5.78 Å². The Morgan fingerprint density at radius 2 is 1.48 bits per heavy atom. The number of nitro benzene ring substituents is 1. The van der Waals surface area contributed by atoms with Gasteiger partial charge in [0.2, 0.25) is 0 Å². The quantitative estimate of drug-likeness (QED) is 0.434. The SMILES string of the molecule is O=C1CC(c2ccccc2)CC2=C1C(c1ccc([N+](=O)[O-])cc1)Nc1ccccc1N2. The molecular formula is C25H21N3O3. The molecule has 1 aliphatic heterocycles. The number of carbonyl (C=O) groups excluding carboxylic acids is 1. The molecule has 0 saturated carbocycles. The molecule has 1 aliphatic carbocycles. The van der Waals surface area contributed by atoms with Crippen molar-refractivity contribution < 1.29 is 9.72 Å². The molecule has 0 radical (unpaired) electrons. The van der Waals surface area contributed by atoms with Gasteiger partial charge in [-0.1, -0.05) is 42.5 Å². The van der Waals surface area contributed by atoms with E-state index in [0.717, 1.165) is 34.6 Å². The molecule has 154 valence electrons. The standard InChI is InChI=1S/C25H21N3O3/c29-23-15-18(16-6-2-1-3-7-16)14-22-24(23)25(17-10-12-19(13-11-17)28(30)31)27-21-9-5-4-8-20(21)26-22/h1-13,18,25-27H,14-15H2. The van der Waals surface area contributed by atoms with E-state index in [9.17, 15) is 14.9 Å². The molecule has 2 unspecified atom stereocenters. The van der Waals surface area contributed by atoms with Crippen molar-refractivity contribution in [2.45, 2.75) is 24.8 Å². The highest BCUT2D eigenvalue weighted by Crippen LogP contribution is 2.44. The summed E-state index contributed by atoms with van der Waals surface area (Å²) in [5.74, 6) is 0.203. The lowest BCUT2D eigenvalue weighted by Crippen LogP contribution is -2.26. The Labute approximate surface area is 179 Å². The lowest BCUT2D eigenvalue weighted by molar-refractivity contribution is -0.384. The van der Waals surface area contributed by atoms with Crippen LogP contribution < -0.4 is 10.6 Å². The number of nitro groups is 1. The largest absolute Gasteiger partial charge is 0.372 e. The fourth-order valence-electron chi connectivity index (χ4n) is 4.49. The van der Waals surface area contributed by atoms with Crippen molar-refractivity contribution in [1.29, 1.82) is 0 Å². The Bertz CT molecular complexity index is 1190. The van der Waals surface area contributed by atoms with Gasteiger partial charge >= 0.3 is 0 Å². The third-order valence-electron chi connectivity index (χ3n) is 6.02. The maximum atomic E-state index is 13.4. The van der Waals surface area contributed by atoms with E-state index in [4.69, 9.17) is 0 Å². The molecule has 2 atom stereocenters. The molecule has 0 spiro atoms. The van der Waals surface area contributed by atoms with Crippen LogP contribution in [0.5, 0.6) is 0 Å². The van der Waals surface area contributed by atoms with Crippen LogP contribution >= 0.6 is 0 Å². The minimum absolute atomic E-state index is 0.0317. The fourth-order valence-corrected chi connectivity index (χ4v) is 4.49. The molecule has 2 N–H and O–H groups in total. The Morgan fingerprint density at radius 1 is 0.806 bits per heavy atom. The van der Waals surface area contributed by atoms with Gasteiger partial charge in [0.05, 0.1) is 22.3 Å². The zero-order valence-electron chi connectivity index (χ0n) is 16.7. The lowest BCUT2D eigenvalue weighted by Gasteiger charge is -2.30. The van der Waals surface area contributed by atoms with Crippen LogP contribution in [0.1, 0.15) is 35.9 Å². The number of ketones is 1. The van der Waals surface area contributed by atoms with Crippen LogP contribution in [-0.2, 0) is 4.79 Å². The summed E-state index contributed by atoms with van der Waals surface area (Å²) in [6, 6.07) is 24.0. The topological polar surface area (TPSA) is 84.3 Å². The smallest absolute Gasteiger partial charge is 0.269 e. The highest BCUT2D eigenvalue weighted by molar-refractivity contribution is 6.01. The maximum absolute atomic E-state index is 13.4. The third-order valence-corrected chi connectivity index (χ3v) is 6.02. The van der Waals surface area contributed by atoms with Gasteiger partial charge in [-0.05, 0) is 47.7 Å². The number of nitrogens with one attached hydrogen (secondary N) is 2. The van der Waals surface area contributed by atoms with Crippen LogP contribution in [-0.4, -0.2) is 10.7 Å². The normalized spacial score (nSPS) is 20.1. The average Bonchev–Trinajstić information content (AvgIpc) is 2.96. The highest BCUT2D eigenvalue weighted by Gasteiger charge is 2.36. The number of anilines is 2. The van der Waals surface area contributed by atoms with E-state index in [1.165, 1.54) is 12.1 Å². The predicted octanol–water partition coefficient (Wildman–Crippen LogP) is 5.57. The number of Topliss-reactive ketones (excluding diaryl/α,β-unsaturated/α-hetero) is 1. The number of allylic oxidation sites excluding steroid dienone is 1. The van der Waals surface area contributed by atoms with Crippen LogP contribution in [0.25, 0.3) is 0 Å². The van der Waals surface area contributed by atoms with Gasteiger partial charge in [0.1, 0.15) is 0 Å². The Morgan fingerprint density at radius 3 is 2.19 bits per heavy atom. The van der Waals surface area contributed by atoms with Crippen molar-refractivity contribution in [3.8, 4) is 0 Å². The Kier molecular flexibility index (Phi) is 4.75. The third kappa shape index (κ3) is 3.57. The number of rotatable bonds is 3. The Hall–Kier alpha value is -3.93. The van der Waals surface area contributed by atoms with E-state index in [1.54, 1.807) is 12.1 Å². The van der Waals surface area contributed by atoms with E-state index in [1.807, 2.05) is 42.5 Å². The zero-order chi connectivity index (χ0) is 21.4. The molecule has 0 saturated heterocycles. The second kappa shape index (κ2) is 7.72. The average molecular weight is 411 g/mol. The van der Waals surface area contributed by atoms with Gasteiger partial charge < -0.3 is 10.6 Å². The number of hydrogen-bond acceptors (Lipinski definition) is 5. The maximum Gasteiger partial charge on any atom is 0.269 e. The van der Waals surface area contributed by atoms with Crippen molar-refractivity contribution in [1.82, 2.24) is 0 Å². The monoisotopic (exact) mass is 411 g/mol. The van der Waals surface area contributed by atoms with Gasteiger partial charge in [0.25, 0.3) is 5.69 Å². The van der Waals surface area contributed by atoms with Crippen molar-refractivity contribution in [2.75, 3.05) is 10.6 Å². The summed E-state index contributed by atoms with van der Waals surface area (Å²) in [7, 11) is 0. The molecule has 31 heavy (non-hydrogen) atoms. The Balaban J connectivity index is 1.60. The first-order valence-electron chi connectivity index (χ1n) is 10.3. The van der Waals surface area contributed by atoms with E-state index in [0.29, 0.717) is 12.0 Å². The highest BCUT2D eigenvalue weighted by atomic mass is 16.6. The number of nitrogens with zero attached hydrogens (tertiary/aromatic N) is 1. The van der Waals surface area contributed by atoms with E-state index in [-0.39, 0.29) is 23.4 Å². The summed E-state index contributed by atoms with van der Waals surface area (Å²) in [6.07, 6.45) is 1.16. The number of benzene rings is 3. The second-order valence-corrected chi connectivity index (χ2v) is 7.93. The van der Waals surface area contributed by atoms with Gasteiger partial charge in [0, 0.05) is 29.8 Å². The van der Waals surface area contributed by atoms with Crippen molar-refractivity contribution in [3.05, 3.63) is 111 Å². The minimum atomic E-state index is -0.415. The number of non-ortho nitro benzene ring substituents is 1. The molecular weight excluding hydrogens is 390 g/mol. The molecule has 6 nitrogen and oxygen atoms in total. The number of para-hydroxylation sites is 2. The first-order valence-corrected chi connectivity index (χ1v) is 10.3. The summed E-state index contributed by atoms with van der Waals surface area (Å²) < 4.78 is 0. The predicted molar refractivity (Wildman–Crippen MR) is 120 cm³/mol. The zero-order valence-corrected chi connectivity index (χ0v) is 16.7. The minimum Gasteiger partial charge on any atom is -0.372 e. The van der Waals surface area contributed by atoms with Gasteiger partial charge in [-0.25, -0.2) is 0 Å². The van der Waals surface area contributed by atoms with E-state index < -0.39 is 4.92 Å². The molecule has 3 aromatic rings. The van der Waals surface area contributed by atoms with E-state index in [2.05, 4.69) is 22.8 Å². The summed E-state index contributed by atoms with van der Waals surface area (Å²) in [6.45, 7) is 0. The first kappa shape index (κ1) is 19.1. The summed E-state index contributed by atoms with van der Waals surface area (Å²) in [4.78, 5) is 24.1. The molecule has 2 aliphatic rings. The molecule has 1 heterocycles. The van der Waals surface area contributed by atoms with Crippen LogP contribution in [0.2, 0.25) is 0 Å². The van der Waals surface area contributed by atoms with Crippen LogP contribution in [0.4, 0.5) is 17.1 Å². The molecule has 5 rings (SSSR count). The van der Waals surface area contributed by atoms with Crippen molar-refractivity contribution >= 4 is 22.8 Å². The number of hydrogen-bond donors (Lipinski definition) is 2. The van der Waals surface area contributed by atoms with Crippen molar-refractivity contribution in [2.24, 2.45) is 0 Å². The molecule has 6 heteroatoms. The van der Waals surface area contributed by atoms with Crippen LogP contribution in [0.3, 0.4) is 0 Å². The summed E-state index contributed by atoms with van der Waals surface area (Å²) in [5, 5.41) is 18.1. The molecule has 0 bridgehead atoms. The van der Waals surface area contributed by atoms with Gasteiger partial charge in [-0.15, -0.1) is 0 Å². The van der Waals surface area contributed by atoms with E-state index >= 15 is 0 Å². The second-order valence-electron chi connectivity index (χ2n) is 7.93. The van der Waals surface area contributed by atoms with Crippen LogP contribution in [0.15, 0.2) is 90.1 Å². The van der Waals surface area contributed by atoms with Gasteiger partial charge in [-0.2, -0.15) is 0 Å². The lowest BCUT2D eigenvalue weighted by atomic mass is 9.78. The fraction of sp³-hybridized carbons (Fsp3) is 0.160. The summed E-state index contributed by atoms with van der Waals surface area (Å²) >= 11 is 0. The van der Waals surface area contributed by atoms with Crippen LogP contribution in [0, 0.1) is 10.1 Å². The molecule has 0 aromatic heterocycles. The first-order chi connectivity index (χ1) is 15.1. The molecule has 3 aromatic carbocycles. The number of carbonyl (C=O) groups is 1.